The van der Waals surface area contributed by atoms with E-state index in [0.717, 1.165) is 168 Å². The highest BCUT2D eigenvalue weighted by atomic mass is 16.6. The number of carbonyl (C=O) groups excluding carboxylic acids is 4. The number of carbonyl (C=O) groups is 4. The van der Waals surface area contributed by atoms with Crippen molar-refractivity contribution >= 4 is 23.9 Å². The van der Waals surface area contributed by atoms with Crippen molar-refractivity contribution in [1.82, 2.24) is 26.6 Å². The topological polar surface area (TPSA) is 147 Å². The van der Waals surface area contributed by atoms with Gasteiger partial charge in [-0.25, -0.2) is 4.79 Å². The monoisotopic (exact) mass is 982 g/mol. The molecular formula is C60H95N5O6. The third kappa shape index (κ3) is 14.6. The van der Waals surface area contributed by atoms with Crippen LogP contribution in [0.3, 0.4) is 0 Å². The Labute approximate surface area is 429 Å². The Hall–Kier alpha value is -3.96. The summed E-state index contributed by atoms with van der Waals surface area (Å²) < 4.78 is 11.7. The predicted octanol–water partition coefficient (Wildman–Crippen LogP) is 11.7. The van der Waals surface area contributed by atoms with Crippen LogP contribution in [0.5, 0.6) is 11.5 Å². The van der Waals surface area contributed by atoms with E-state index in [4.69, 9.17) is 9.47 Å². The van der Waals surface area contributed by atoms with Crippen molar-refractivity contribution in [2.45, 2.75) is 213 Å². The third-order valence-corrected chi connectivity index (χ3v) is 17.8. The maximum absolute atomic E-state index is 13.6. The van der Waals surface area contributed by atoms with Gasteiger partial charge in [-0.2, -0.15) is 0 Å². The van der Waals surface area contributed by atoms with E-state index < -0.39 is 11.5 Å². The van der Waals surface area contributed by atoms with Crippen molar-refractivity contribution in [2.75, 3.05) is 45.8 Å². The lowest BCUT2D eigenvalue weighted by atomic mass is 9.49. The van der Waals surface area contributed by atoms with Gasteiger partial charge >= 0.3 is 12.1 Å². The molecule has 0 aliphatic heterocycles. The third-order valence-electron chi connectivity index (χ3n) is 17.8. The summed E-state index contributed by atoms with van der Waals surface area (Å²) in [6.45, 7) is 19.1. The van der Waals surface area contributed by atoms with Gasteiger partial charge < -0.3 is 36.1 Å². The van der Waals surface area contributed by atoms with Gasteiger partial charge in [0.25, 0.3) is 0 Å². The van der Waals surface area contributed by atoms with Crippen LogP contribution in [0.2, 0.25) is 0 Å². The zero-order valence-corrected chi connectivity index (χ0v) is 45.2. The van der Waals surface area contributed by atoms with E-state index in [0.29, 0.717) is 24.5 Å². The number of rotatable bonds is 29. The van der Waals surface area contributed by atoms with E-state index in [1.807, 2.05) is 12.1 Å². The minimum absolute atomic E-state index is 0.114. The second-order valence-electron chi connectivity index (χ2n) is 23.0. The lowest BCUT2D eigenvalue weighted by molar-refractivity contribution is -0.139. The molecule has 6 atom stereocenters. The fourth-order valence-electron chi connectivity index (χ4n) is 13.7. The van der Waals surface area contributed by atoms with E-state index in [-0.39, 0.29) is 45.9 Å². The van der Waals surface area contributed by atoms with E-state index in [9.17, 15) is 19.2 Å². The largest absolute Gasteiger partial charge is 0.427 e. The van der Waals surface area contributed by atoms with Crippen molar-refractivity contribution in [3.8, 4) is 11.5 Å². The number of fused-ring (bicyclic) bond motifs is 6. The minimum atomic E-state index is -0.420. The Morgan fingerprint density at radius 3 is 1.45 bits per heavy atom. The van der Waals surface area contributed by atoms with Crippen LogP contribution in [-0.2, 0) is 38.1 Å². The maximum atomic E-state index is 13.6. The molecule has 396 valence electrons. The number of hydrogen-bond acceptors (Lipinski definition) is 8. The van der Waals surface area contributed by atoms with Crippen LogP contribution in [0.4, 0.5) is 4.79 Å². The lowest BCUT2D eigenvalue weighted by Gasteiger charge is -2.54. The number of amides is 3. The first-order chi connectivity index (χ1) is 34.3. The zero-order valence-electron chi connectivity index (χ0n) is 45.2. The standard InChI is InChI=1S/C60H95N5O6/c1-7-9-15-40-63-54(67)59(5)34-20-32-57(3)49-43-47(28-24-45(49)26-30-51(57)59)70-53(66)23-19-38-61-36-17-13-11-12-14-18-37-62-39-22-42-65-56(69)71-48-29-25-46-27-31-52-58(4,50(46)44-48)33-21-35-60(52,6)55(68)64-41-16-10-8-2/h24-25,28-29,43-44,51-52,61-62H,7-23,26-27,30-42H2,1-6H3,(H,63,67)(H,64,68)(H,65,69)/t51-,52-,57-,58-,59+,60+/m1/s1. The molecule has 3 amide bonds. The summed E-state index contributed by atoms with van der Waals surface area (Å²) in [5, 5.41) is 16.5. The normalized spacial score (nSPS) is 25.4. The summed E-state index contributed by atoms with van der Waals surface area (Å²) in [6.07, 6.45) is 25.2. The van der Waals surface area contributed by atoms with Crippen molar-refractivity contribution in [2.24, 2.45) is 22.7 Å². The maximum Gasteiger partial charge on any atom is 0.412 e. The molecule has 11 nitrogen and oxygen atoms in total. The molecule has 0 bridgehead atoms. The number of hydrogen-bond donors (Lipinski definition) is 5. The van der Waals surface area contributed by atoms with E-state index in [1.165, 1.54) is 47.9 Å². The average molecular weight is 982 g/mol. The van der Waals surface area contributed by atoms with Gasteiger partial charge in [-0.1, -0.05) is 118 Å². The summed E-state index contributed by atoms with van der Waals surface area (Å²) >= 11 is 0. The highest BCUT2D eigenvalue weighted by molar-refractivity contribution is 5.84. The Balaban J connectivity index is 0.767. The van der Waals surface area contributed by atoms with E-state index in [1.54, 1.807) is 0 Å². The van der Waals surface area contributed by atoms with Crippen LogP contribution in [0.15, 0.2) is 36.4 Å². The van der Waals surface area contributed by atoms with Gasteiger partial charge in [0.1, 0.15) is 11.5 Å². The average Bonchev–Trinajstić information content (AvgIpc) is 3.35. The SMILES string of the molecule is CCCCCNC(=O)[C@@]1(C)CCC[C@]2(C)c3cc(OC(=O)CCCNCCCCCCCCNCCCNC(=O)Oc4ccc5c(c4)[C@@]4(C)CCC[C@](C)(C(=O)NCCCCC)[C@@H]4CC5)ccc3CC[C@@H]12. The number of unbranched alkanes of at least 4 members (excludes halogenated alkanes) is 9. The lowest BCUT2D eigenvalue weighted by Crippen LogP contribution is -2.55. The number of benzene rings is 2. The van der Waals surface area contributed by atoms with Gasteiger partial charge in [0.2, 0.25) is 11.8 Å². The molecule has 2 aromatic carbocycles. The molecule has 0 unspecified atom stereocenters. The van der Waals surface area contributed by atoms with Gasteiger partial charge in [-0.05, 0) is 185 Å². The Morgan fingerprint density at radius 2 is 0.944 bits per heavy atom. The van der Waals surface area contributed by atoms with Gasteiger partial charge in [0, 0.05) is 26.1 Å². The fraction of sp³-hybridized carbons (Fsp3) is 0.733. The second-order valence-corrected chi connectivity index (χ2v) is 23.0. The van der Waals surface area contributed by atoms with Crippen LogP contribution >= 0.6 is 0 Å². The molecule has 0 saturated heterocycles. The summed E-state index contributed by atoms with van der Waals surface area (Å²) in [6, 6.07) is 12.3. The van der Waals surface area contributed by atoms with Crippen LogP contribution in [0.25, 0.3) is 0 Å². The molecule has 0 aromatic heterocycles. The van der Waals surface area contributed by atoms with Crippen LogP contribution in [0.1, 0.15) is 211 Å². The van der Waals surface area contributed by atoms with Crippen molar-refractivity contribution < 1.29 is 28.7 Å². The molecule has 4 aliphatic carbocycles. The molecule has 0 heterocycles. The second kappa shape index (κ2) is 27.4. The molecule has 2 saturated carbocycles. The van der Waals surface area contributed by atoms with Crippen LogP contribution in [-0.4, -0.2) is 69.7 Å². The molecule has 0 spiro atoms. The summed E-state index contributed by atoms with van der Waals surface area (Å²) in [4.78, 5) is 52.9. The summed E-state index contributed by atoms with van der Waals surface area (Å²) in [5.74, 6) is 1.95. The fourth-order valence-corrected chi connectivity index (χ4v) is 13.7. The zero-order chi connectivity index (χ0) is 50.7. The molecule has 5 N–H and O–H groups in total. The number of ether oxygens (including phenoxy) is 2. The molecule has 2 fully saturated rings. The van der Waals surface area contributed by atoms with Crippen molar-refractivity contribution in [3.05, 3.63) is 58.7 Å². The summed E-state index contributed by atoms with van der Waals surface area (Å²) in [5.41, 5.74) is 4.13. The number of nitrogens with one attached hydrogen (secondary N) is 5. The molecule has 71 heavy (non-hydrogen) atoms. The van der Waals surface area contributed by atoms with Crippen molar-refractivity contribution in [1.29, 1.82) is 0 Å². The Bertz CT molecular complexity index is 1900. The van der Waals surface area contributed by atoms with Crippen molar-refractivity contribution in [3.63, 3.8) is 0 Å². The number of esters is 1. The first kappa shape index (κ1) is 56.3. The molecule has 2 aromatic rings. The highest BCUT2D eigenvalue weighted by Crippen LogP contribution is 2.59. The van der Waals surface area contributed by atoms with Gasteiger partial charge in [-0.15, -0.1) is 0 Å². The van der Waals surface area contributed by atoms with Crippen LogP contribution in [0, 0.1) is 22.7 Å². The van der Waals surface area contributed by atoms with Gasteiger partial charge in [0.05, 0.1) is 10.8 Å². The van der Waals surface area contributed by atoms with Gasteiger partial charge in [0.15, 0.2) is 0 Å². The molecule has 4 aliphatic rings. The van der Waals surface area contributed by atoms with E-state index in [2.05, 4.69) is 92.4 Å². The smallest absolute Gasteiger partial charge is 0.412 e. The Morgan fingerprint density at radius 1 is 0.507 bits per heavy atom. The predicted molar refractivity (Wildman–Crippen MR) is 287 cm³/mol. The first-order valence-corrected chi connectivity index (χ1v) is 28.7. The molecule has 11 heteroatoms. The summed E-state index contributed by atoms with van der Waals surface area (Å²) in [7, 11) is 0. The Kier molecular flexibility index (Phi) is 21.7. The highest BCUT2D eigenvalue weighted by Gasteiger charge is 2.56. The molecule has 6 rings (SSSR count). The minimum Gasteiger partial charge on any atom is -0.427 e. The molecular weight excluding hydrogens is 887 g/mol. The molecule has 0 radical (unpaired) electrons. The first-order valence-electron chi connectivity index (χ1n) is 28.7. The number of aryl methyl sites for hydroxylation is 2. The van der Waals surface area contributed by atoms with Gasteiger partial charge in [-0.3, -0.25) is 14.4 Å². The van der Waals surface area contributed by atoms with E-state index >= 15 is 0 Å². The quantitative estimate of drug-likeness (QED) is 0.0308. The van der Waals surface area contributed by atoms with Crippen LogP contribution < -0.4 is 36.1 Å².